The van der Waals surface area contributed by atoms with Gasteiger partial charge in [-0.1, -0.05) is 46.3 Å². The number of hydrogen-bond donors (Lipinski definition) is 1. The summed E-state index contributed by atoms with van der Waals surface area (Å²) in [5.41, 5.74) is 4.13. The molecule has 5 nitrogen and oxygen atoms in total. The van der Waals surface area contributed by atoms with E-state index in [9.17, 15) is 0 Å². The number of nitrogens with one attached hydrogen (secondary N) is 1. The molecule has 0 radical (unpaired) electrons. The van der Waals surface area contributed by atoms with Crippen LogP contribution in [0.1, 0.15) is 6.92 Å². The smallest absolute Gasteiger partial charge is 0.150 e. The average molecular weight is 437 g/mol. The molecule has 1 atom stereocenters. The molecule has 6 heteroatoms. The largest absolute Gasteiger partial charge is 0.383 e. The van der Waals surface area contributed by atoms with Crippen molar-refractivity contribution < 1.29 is 4.74 Å². The number of benzene rings is 2. The number of nitrogens with zero attached hydrogens (tertiary/aromatic N) is 3. The van der Waals surface area contributed by atoms with Crippen molar-refractivity contribution in [3.8, 4) is 16.8 Å². The second-order valence-corrected chi connectivity index (χ2v) is 7.59. The summed E-state index contributed by atoms with van der Waals surface area (Å²) in [7, 11) is 1.70. The predicted octanol–water partition coefficient (Wildman–Crippen LogP) is 5.30. The lowest BCUT2D eigenvalue weighted by Gasteiger charge is -2.14. The zero-order chi connectivity index (χ0) is 19.5. The first-order chi connectivity index (χ1) is 13.7. The third kappa shape index (κ3) is 3.66. The second-order valence-electron chi connectivity index (χ2n) is 6.68. The van der Waals surface area contributed by atoms with Crippen LogP contribution in [-0.2, 0) is 4.74 Å². The fraction of sp³-hybridized carbons (Fsp3) is 0.182. The number of rotatable bonds is 6. The summed E-state index contributed by atoms with van der Waals surface area (Å²) in [4.78, 5) is 9.15. The number of hydrogen-bond acceptors (Lipinski definition) is 4. The van der Waals surface area contributed by atoms with Crippen LogP contribution in [0.25, 0.3) is 27.8 Å². The van der Waals surface area contributed by atoms with Gasteiger partial charge in [0.1, 0.15) is 12.1 Å². The maximum absolute atomic E-state index is 5.27. The van der Waals surface area contributed by atoms with Crippen LogP contribution >= 0.6 is 15.9 Å². The molecule has 0 saturated carbocycles. The SMILES string of the molecule is COC[C@@H](C)Nc1ncnc2c1c(-c1ccccc1)cn2-c1ccc(Br)cc1. The summed E-state index contributed by atoms with van der Waals surface area (Å²) in [6.45, 7) is 2.67. The van der Waals surface area contributed by atoms with Crippen LogP contribution in [0.15, 0.2) is 71.6 Å². The van der Waals surface area contributed by atoms with Crippen molar-refractivity contribution in [2.45, 2.75) is 13.0 Å². The number of anilines is 1. The Morgan fingerprint density at radius 3 is 2.54 bits per heavy atom. The Bertz CT molecular complexity index is 1080. The Labute approximate surface area is 172 Å². The van der Waals surface area contributed by atoms with E-state index in [1.807, 2.05) is 30.3 Å². The van der Waals surface area contributed by atoms with E-state index in [0.717, 1.165) is 38.1 Å². The summed E-state index contributed by atoms with van der Waals surface area (Å²) in [5.74, 6) is 0.810. The van der Waals surface area contributed by atoms with Gasteiger partial charge in [-0.25, -0.2) is 9.97 Å². The maximum atomic E-state index is 5.27. The number of fused-ring (bicyclic) bond motifs is 1. The van der Waals surface area contributed by atoms with Crippen LogP contribution in [0, 0.1) is 0 Å². The highest BCUT2D eigenvalue weighted by atomic mass is 79.9. The Hall–Kier alpha value is -2.70. The van der Waals surface area contributed by atoms with Crippen molar-refractivity contribution in [2.24, 2.45) is 0 Å². The van der Waals surface area contributed by atoms with E-state index in [-0.39, 0.29) is 6.04 Å². The maximum Gasteiger partial charge on any atom is 0.150 e. The van der Waals surface area contributed by atoms with Crippen molar-refractivity contribution in [3.05, 3.63) is 71.6 Å². The highest BCUT2D eigenvalue weighted by molar-refractivity contribution is 9.10. The summed E-state index contributed by atoms with van der Waals surface area (Å²) >= 11 is 3.51. The van der Waals surface area contributed by atoms with Gasteiger partial charge in [0.15, 0.2) is 5.65 Å². The molecular weight excluding hydrogens is 416 g/mol. The lowest BCUT2D eigenvalue weighted by Crippen LogP contribution is -2.21. The lowest BCUT2D eigenvalue weighted by atomic mass is 10.1. The van der Waals surface area contributed by atoms with Gasteiger partial charge in [-0.15, -0.1) is 0 Å². The summed E-state index contributed by atoms with van der Waals surface area (Å²) in [5, 5.41) is 4.47. The van der Waals surface area contributed by atoms with E-state index in [4.69, 9.17) is 4.74 Å². The number of halogens is 1. The standard InChI is InChI=1S/C22H21BrN4O/c1-15(13-28-2)26-21-20-19(16-6-4-3-5-7-16)12-27(22(20)25-14-24-21)18-10-8-17(23)9-11-18/h3-12,14-15H,13H2,1-2H3,(H,24,25,26)/t15-/m1/s1. The van der Waals surface area contributed by atoms with Gasteiger partial charge in [0.05, 0.1) is 12.0 Å². The van der Waals surface area contributed by atoms with E-state index >= 15 is 0 Å². The van der Waals surface area contributed by atoms with Crippen LogP contribution in [-0.4, -0.2) is 34.3 Å². The molecule has 0 fully saturated rings. The molecule has 0 aliphatic heterocycles. The van der Waals surface area contributed by atoms with Crippen molar-refractivity contribution in [3.63, 3.8) is 0 Å². The molecule has 0 amide bonds. The molecule has 28 heavy (non-hydrogen) atoms. The monoisotopic (exact) mass is 436 g/mol. The first-order valence-electron chi connectivity index (χ1n) is 9.10. The predicted molar refractivity (Wildman–Crippen MR) is 117 cm³/mol. The highest BCUT2D eigenvalue weighted by Crippen LogP contribution is 2.35. The first kappa shape index (κ1) is 18.7. The molecule has 2 heterocycles. The molecule has 0 aliphatic rings. The minimum Gasteiger partial charge on any atom is -0.383 e. The van der Waals surface area contributed by atoms with Crippen molar-refractivity contribution in [1.29, 1.82) is 0 Å². The van der Waals surface area contributed by atoms with E-state index < -0.39 is 0 Å². The molecule has 0 unspecified atom stereocenters. The van der Waals surface area contributed by atoms with E-state index in [2.05, 4.69) is 73.2 Å². The van der Waals surface area contributed by atoms with E-state index in [1.165, 1.54) is 0 Å². The number of methoxy groups -OCH3 is 1. The van der Waals surface area contributed by atoms with Gasteiger partial charge in [0.25, 0.3) is 0 Å². The van der Waals surface area contributed by atoms with Crippen molar-refractivity contribution in [1.82, 2.24) is 14.5 Å². The Morgan fingerprint density at radius 1 is 1.07 bits per heavy atom. The van der Waals surface area contributed by atoms with Gasteiger partial charge in [-0.05, 0) is 36.8 Å². The molecule has 0 spiro atoms. The molecular formula is C22H21BrN4O. The quantitative estimate of drug-likeness (QED) is 0.445. The summed E-state index contributed by atoms with van der Waals surface area (Å²) in [6.07, 6.45) is 3.73. The van der Waals surface area contributed by atoms with Gasteiger partial charge < -0.3 is 14.6 Å². The molecule has 1 N–H and O–H groups in total. The number of aromatic nitrogens is 3. The average Bonchev–Trinajstić information content (AvgIpc) is 3.10. The normalized spacial score (nSPS) is 12.2. The number of ether oxygens (including phenoxy) is 1. The van der Waals surface area contributed by atoms with Gasteiger partial charge in [-0.2, -0.15) is 0 Å². The van der Waals surface area contributed by atoms with Crippen molar-refractivity contribution in [2.75, 3.05) is 19.0 Å². The zero-order valence-corrected chi connectivity index (χ0v) is 17.3. The van der Waals surface area contributed by atoms with E-state index in [1.54, 1.807) is 13.4 Å². The third-order valence-electron chi connectivity index (χ3n) is 4.57. The Morgan fingerprint density at radius 2 is 1.82 bits per heavy atom. The third-order valence-corrected chi connectivity index (χ3v) is 5.10. The molecule has 0 aliphatic carbocycles. The van der Waals surface area contributed by atoms with Crippen LogP contribution in [0.2, 0.25) is 0 Å². The van der Waals surface area contributed by atoms with Gasteiger partial charge >= 0.3 is 0 Å². The minimum atomic E-state index is 0.128. The summed E-state index contributed by atoms with van der Waals surface area (Å²) in [6, 6.07) is 18.7. The molecule has 0 saturated heterocycles. The minimum absolute atomic E-state index is 0.128. The van der Waals surface area contributed by atoms with Gasteiger partial charge in [-0.3, -0.25) is 0 Å². The van der Waals surface area contributed by atoms with Crippen LogP contribution < -0.4 is 5.32 Å². The molecule has 2 aromatic carbocycles. The molecule has 2 aromatic heterocycles. The van der Waals surface area contributed by atoms with Crippen LogP contribution in [0.4, 0.5) is 5.82 Å². The van der Waals surface area contributed by atoms with E-state index in [0.29, 0.717) is 6.61 Å². The zero-order valence-electron chi connectivity index (χ0n) is 15.8. The topological polar surface area (TPSA) is 52.0 Å². The van der Waals surface area contributed by atoms with Crippen LogP contribution in [0.5, 0.6) is 0 Å². The molecule has 4 rings (SSSR count). The second kappa shape index (κ2) is 8.12. The van der Waals surface area contributed by atoms with Gasteiger partial charge in [0, 0.05) is 35.1 Å². The molecule has 4 aromatic rings. The first-order valence-corrected chi connectivity index (χ1v) is 9.89. The highest BCUT2D eigenvalue weighted by Gasteiger charge is 2.18. The Balaban J connectivity index is 1.93. The van der Waals surface area contributed by atoms with Crippen LogP contribution in [0.3, 0.4) is 0 Å². The van der Waals surface area contributed by atoms with Gasteiger partial charge in [0.2, 0.25) is 0 Å². The fourth-order valence-electron chi connectivity index (χ4n) is 3.33. The Kier molecular flexibility index (Phi) is 5.41. The van der Waals surface area contributed by atoms with Crippen molar-refractivity contribution >= 4 is 32.8 Å². The molecule has 142 valence electrons. The fourth-order valence-corrected chi connectivity index (χ4v) is 3.60. The summed E-state index contributed by atoms with van der Waals surface area (Å²) < 4.78 is 8.42. The lowest BCUT2D eigenvalue weighted by molar-refractivity contribution is 0.190. The molecule has 0 bridgehead atoms.